The molecule has 0 aliphatic carbocycles. The van der Waals surface area contributed by atoms with Gasteiger partial charge in [0.25, 0.3) is 0 Å². The van der Waals surface area contributed by atoms with Crippen LogP contribution in [-0.4, -0.2) is 5.33 Å². The molecule has 0 heterocycles. The van der Waals surface area contributed by atoms with E-state index in [0.29, 0.717) is 0 Å². The quantitative estimate of drug-likeness (QED) is 0.409. The molecule has 84 valence electrons. The fourth-order valence-corrected chi connectivity index (χ4v) is 2.01. The van der Waals surface area contributed by atoms with E-state index in [4.69, 9.17) is 0 Å². The van der Waals surface area contributed by atoms with Gasteiger partial charge in [-0.2, -0.15) is 0 Å². The molecule has 0 spiro atoms. The summed E-state index contributed by atoms with van der Waals surface area (Å²) < 4.78 is 0. The van der Waals surface area contributed by atoms with E-state index in [0.717, 1.165) is 11.2 Å². The summed E-state index contributed by atoms with van der Waals surface area (Å²) in [4.78, 5) is 0. The Labute approximate surface area is 98.3 Å². The maximum Gasteiger partial charge on any atom is 0.00660 e. The zero-order chi connectivity index (χ0) is 10.8. The van der Waals surface area contributed by atoms with Gasteiger partial charge in [0.2, 0.25) is 0 Å². The number of halogens is 1. The maximum atomic E-state index is 3.46. The zero-order valence-corrected chi connectivity index (χ0v) is 11.6. The van der Waals surface area contributed by atoms with Gasteiger partial charge >= 0.3 is 0 Å². The number of alkyl halides is 1. The first kappa shape index (κ1) is 14.2. The van der Waals surface area contributed by atoms with Crippen molar-refractivity contribution in [2.24, 2.45) is 5.92 Å². The van der Waals surface area contributed by atoms with Crippen LogP contribution in [0.2, 0.25) is 0 Å². The van der Waals surface area contributed by atoms with Crippen molar-refractivity contribution in [2.75, 3.05) is 5.33 Å². The van der Waals surface area contributed by atoms with Gasteiger partial charge in [-0.3, -0.25) is 0 Å². The Bertz CT molecular complexity index is 149. The lowest BCUT2D eigenvalue weighted by Gasteiger charge is -2.14. The van der Waals surface area contributed by atoms with Crippen molar-refractivity contribution in [2.45, 2.75) is 59.3 Å². The molecule has 0 N–H and O–H groups in total. The predicted octanol–water partition coefficient (Wildman–Crippen LogP) is 5.32. The zero-order valence-electron chi connectivity index (χ0n) is 9.98. The highest BCUT2D eigenvalue weighted by Crippen LogP contribution is 2.21. The minimum atomic E-state index is 0.918. The van der Waals surface area contributed by atoms with E-state index in [2.05, 4.69) is 42.8 Å². The van der Waals surface area contributed by atoms with Crippen molar-refractivity contribution in [1.82, 2.24) is 0 Å². The van der Waals surface area contributed by atoms with Crippen LogP contribution in [0.4, 0.5) is 0 Å². The maximum absolute atomic E-state index is 3.46. The van der Waals surface area contributed by atoms with Gasteiger partial charge in [0.1, 0.15) is 0 Å². The van der Waals surface area contributed by atoms with Crippen LogP contribution >= 0.6 is 15.9 Å². The number of rotatable bonds is 8. The van der Waals surface area contributed by atoms with Gasteiger partial charge in [-0.05, 0) is 25.7 Å². The smallest absolute Gasteiger partial charge is 0.00660 e. The van der Waals surface area contributed by atoms with Gasteiger partial charge in [0, 0.05) is 5.33 Å². The summed E-state index contributed by atoms with van der Waals surface area (Å²) >= 11 is 3.46. The Balaban J connectivity index is 3.78. The molecule has 0 bridgehead atoms. The summed E-state index contributed by atoms with van der Waals surface area (Å²) in [5.41, 5.74) is 1.58. The van der Waals surface area contributed by atoms with Crippen molar-refractivity contribution in [3.05, 3.63) is 11.6 Å². The van der Waals surface area contributed by atoms with E-state index in [-0.39, 0.29) is 0 Å². The molecule has 0 aromatic heterocycles. The van der Waals surface area contributed by atoms with Gasteiger partial charge in [-0.1, -0.05) is 67.1 Å². The van der Waals surface area contributed by atoms with Gasteiger partial charge in [0.15, 0.2) is 0 Å². The van der Waals surface area contributed by atoms with Gasteiger partial charge in [-0.25, -0.2) is 0 Å². The minimum absolute atomic E-state index is 0.918. The third-order valence-electron chi connectivity index (χ3n) is 2.76. The topological polar surface area (TPSA) is 0 Å². The Morgan fingerprint density at radius 2 is 2.07 bits per heavy atom. The normalized spacial score (nSPS) is 14.4. The molecule has 0 fully saturated rings. The van der Waals surface area contributed by atoms with Crippen LogP contribution in [0.25, 0.3) is 0 Å². The second-order valence-corrected chi connectivity index (χ2v) is 4.94. The predicted molar refractivity (Wildman–Crippen MR) is 70.1 cm³/mol. The first-order chi connectivity index (χ1) is 6.74. The minimum Gasteiger partial charge on any atom is -0.0925 e. The summed E-state index contributed by atoms with van der Waals surface area (Å²) in [6, 6.07) is 0. The Morgan fingerprint density at radius 1 is 1.36 bits per heavy atom. The Hall–Kier alpha value is 0.220. The van der Waals surface area contributed by atoms with Gasteiger partial charge in [0.05, 0.1) is 0 Å². The van der Waals surface area contributed by atoms with Crippen molar-refractivity contribution < 1.29 is 0 Å². The lowest BCUT2D eigenvalue weighted by molar-refractivity contribution is 0.447. The molecule has 1 heteroatoms. The monoisotopic (exact) mass is 260 g/mol. The number of allylic oxidation sites excluding steroid dienone is 2. The average Bonchev–Trinajstić information content (AvgIpc) is 2.21. The first-order valence-electron chi connectivity index (χ1n) is 5.96. The van der Waals surface area contributed by atoms with Crippen LogP contribution in [0.1, 0.15) is 59.3 Å². The van der Waals surface area contributed by atoms with Crippen LogP contribution in [0, 0.1) is 5.92 Å². The molecular weight excluding hydrogens is 236 g/mol. The molecule has 0 amide bonds. The highest BCUT2D eigenvalue weighted by atomic mass is 79.9. The summed E-state index contributed by atoms with van der Waals surface area (Å²) in [6.07, 6.45) is 10.3. The molecule has 0 saturated heterocycles. The molecule has 0 nitrogen and oxygen atoms in total. The van der Waals surface area contributed by atoms with E-state index in [1.165, 1.54) is 38.5 Å². The molecular formula is C13H25Br. The van der Waals surface area contributed by atoms with Crippen molar-refractivity contribution in [3.63, 3.8) is 0 Å². The fourth-order valence-electron chi connectivity index (χ4n) is 1.78. The van der Waals surface area contributed by atoms with E-state index >= 15 is 0 Å². The Morgan fingerprint density at radius 3 is 2.57 bits per heavy atom. The molecule has 0 aromatic rings. The molecule has 0 radical (unpaired) electrons. The van der Waals surface area contributed by atoms with Crippen molar-refractivity contribution >= 4 is 15.9 Å². The number of hydrogen-bond donors (Lipinski definition) is 0. The number of hydrogen-bond acceptors (Lipinski definition) is 0. The summed E-state index contributed by atoms with van der Waals surface area (Å²) in [7, 11) is 0. The summed E-state index contributed by atoms with van der Waals surface area (Å²) in [5, 5.41) is 1.09. The largest absolute Gasteiger partial charge is 0.0925 e. The molecule has 0 rings (SSSR count). The van der Waals surface area contributed by atoms with Crippen LogP contribution in [0.3, 0.4) is 0 Å². The summed E-state index contributed by atoms with van der Waals surface area (Å²) in [6.45, 7) is 6.87. The Kier molecular flexibility index (Phi) is 9.92. The van der Waals surface area contributed by atoms with E-state index < -0.39 is 0 Å². The third kappa shape index (κ3) is 7.61. The van der Waals surface area contributed by atoms with Gasteiger partial charge in [-0.15, -0.1) is 0 Å². The van der Waals surface area contributed by atoms with E-state index in [1.54, 1.807) is 5.57 Å². The van der Waals surface area contributed by atoms with Crippen LogP contribution in [0.15, 0.2) is 11.6 Å². The fraction of sp³-hybridized carbons (Fsp3) is 0.846. The first-order valence-corrected chi connectivity index (χ1v) is 7.08. The third-order valence-corrected chi connectivity index (χ3v) is 3.21. The van der Waals surface area contributed by atoms with Crippen LogP contribution in [-0.2, 0) is 0 Å². The van der Waals surface area contributed by atoms with Crippen molar-refractivity contribution in [1.29, 1.82) is 0 Å². The van der Waals surface area contributed by atoms with E-state index in [9.17, 15) is 0 Å². The SMILES string of the molecule is CCCCC(CC)CC(C)=CCCBr. The average molecular weight is 261 g/mol. The molecule has 1 unspecified atom stereocenters. The molecule has 0 aromatic carbocycles. The highest BCUT2D eigenvalue weighted by molar-refractivity contribution is 9.09. The second-order valence-electron chi connectivity index (χ2n) is 4.15. The second kappa shape index (κ2) is 9.76. The molecule has 0 aliphatic rings. The van der Waals surface area contributed by atoms with E-state index in [1.807, 2.05) is 0 Å². The molecule has 0 aliphatic heterocycles. The van der Waals surface area contributed by atoms with Crippen molar-refractivity contribution in [3.8, 4) is 0 Å². The van der Waals surface area contributed by atoms with Gasteiger partial charge < -0.3 is 0 Å². The van der Waals surface area contributed by atoms with Crippen LogP contribution in [0.5, 0.6) is 0 Å². The molecule has 0 saturated carbocycles. The lowest BCUT2D eigenvalue weighted by Crippen LogP contribution is -1.99. The number of unbranched alkanes of at least 4 members (excludes halogenated alkanes) is 1. The molecule has 14 heavy (non-hydrogen) atoms. The highest BCUT2D eigenvalue weighted by Gasteiger charge is 2.05. The lowest BCUT2D eigenvalue weighted by atomic mass is 9.92. The molecule has 1 atom stereocenters. The standard InChI is InChI=1S/C13H25Br/c1-4-6-9-13(5-2)11-12(3)8-7-10-14/h8,13H,4-7,9-11H2,1-3H3. The summed E-state index contributed by atoms with van der Waals surface area (Å²) in [5.74, 6) is 0.918. The van der Waals surface area contributed by atoms with Crippen LogP contribution < -0.4 is 0 Å².